The van der Waals surface area contributed by atoms with E-state index in [0.29, 0.717) is 22.5 Å². The summed E-state index contributed by atoms with van der Waals surface area (Å²) in [4.78, 5) is 44.9. The van der Waals surface area contributed by atoms with E-state index in [2.05, 4.69) is 15.3 Å². The Kier molecular flexibility index (Phi) is 6.46. The zero-order chi connectivity index (χ0) is 26.0. The fourth-order valence-corrected chi connectivity index (χ4v) is 3.96. The van der Waals surface area contributed by atoms with E-state index >= 15 is 0 Å². The summed E-state index contributed by atoms with van der Waals surface area (Å²) < 4.78 is 10.3. The number of rotatable bonds is 7. The van der Waals surface area contributed by atoms with Crippen LogP contribution in [-0.2, 0) is 0 Å². The van der Waals surface area contributed by atoms with Gasteiger partial charge in [-0.2, -0.15) is 9.97 Å². The number of allylic oxidation sites excluding steroid dienone is 1. The van der Waals surface area contributed by atoms with Crippen molar-refractivity contribution in [1.29, 1.82) is 0 Å². The number of non-ortho nitro benzene ring substituents is 1. The molecule has 2 heterocycles. The van der Waals surface area contributed by atoms with Gasteiger partial charge in [0.1, 0.15) is 0 Å². The molecule has 1 unspecified atom stereocenters. The number of nitrogens with zero attached hydrogens (tertiary/aromatic N) is 5. The molecule has 36 heavy (non-hydrogen) atoms. The molecule has 184 valence electrons. The lowest BCUT2D eigenvalue weighted by molar-refractivity contribution is -0.387. The average Bonchev–Trinajstić information content (AvgIpc) is 2.88. The van der Waals surface area contributed by atoms with Crippen molar-refractivity contribution in [1.82, 2.24) is 15.3 Å². The second-order valence-electron chi connectivity index (χ2n) is 7.58. The lowest BCUT2D eigenvalue weighted by Crippen LogP contribution is -2.46. The van der Waals surface area contributed by atoms with Gasteiger partial charge in [-0.3, -0.25) is 25.1 Å². The van der Waals surface area contributed by atoms with Gasteiger partial charge in [0, 0.05) is 23.4 Å². The predicted molar refractivity (Wildman–Crippen MR) is 128 cm³/mol. The van der Waals surface area contributed by atoms with Crippen LogP contribution in [0.15, 0.2) is 60.3 Å². The number of anilines is 1. The number of carbonyl (C=O) groups is 1. The van der Waals surface area contributed by atoms with Crippen molar-refractivity contribution in [2.24, 2.45) is 0 Å². The van der Waals surface area contributed by atoms with E-state index in [1.54, 1.807) is 43.3 Å². The highest BCUT2D eigenvalue weighted by molar-refractivity contribution is 6.01. The maximum atomic E-state index is 13.2. The number of benzene rings is 2. The van der Waals surface area contributed by atoms with Crippen LogP contribution < -0.4 is 19.7 Å². The number of urea groups is 1. The number of nitrogens with one attached hydrogen (secondary N) is 1. The maximum Gasteiger partial charge on any atom is 0.392 e. The van der Waals surface area contributed by atoms with Crippen molar-refractivity contribution < 1.29 is 24.1 Å². The molecule has 0 saturated heterocycles. The minimum Gasteiger partial charge on any atom is -0.476 e. The Morgan fingerprint density at radius 2 is 1.58 bits per heavy atom. The fourth-order valence-electron chi connectivity index (χ4n) is 3.96. The van der Waals surface area contributed by atoms with Crippen LogP contribution in [0, 0.1) is 20.2 Å². The monoisotopic (exact) mass is 492 g/mol. The topological polar surface area (TPSA) is 163 Å². The van der Waals surface area contributed by atoms with Crippen molar-refractivity contribution in [3.63, 3.8) is 0 Å². The third-order valence-electron chi connectivity index (χ3n) is 5.54. The second-order valence-corrected chi connectivity index (χ2v) is 7.58. The van der Waals surface area contributed by atoms with Crippen LogP contribution in [0.1, 0.15) is 24.4 Å². The molecular weight excluding hydrogens is 472 g/mol. The Labute approximate surface area is 204 Å². The number of hydrogen-bond acceptors (Lipinski definition) is 9. The molecular formula is C23H20N6O7. The van der Waals surface area contributed by atoms with Crippen molar-refractivity contribution in [2.45, 2.75) is 13.0 Å². The molecule has 1 aromatic heterocycles. The van der Waals surface area contributed by atoms with Crippen LogP contribution in [0.25, 0.3) is 5.57 Å². The lowest BCUT2D eigenvalue weighted by atomic mass is 9.93. The van der Waals surface area contributed by atoms with Crippen molar-refractivity contribution in [3.8, 4) is 11.8 Å². The van der Waals surface area contributed by atoms with Crippen molar-refractivity contribution in [2.75, 3.05) is 19.1 Å². The number of nitro groups is 2. The summed E-state index contributed by atoms with van der Waals surface area (Å²) in [6.45, 7) is 1.66. The number of carbonyl (C=O) groups excluding carboxylic acids is 1. The molecule has 4 rings (SSSR count). The maximum absolute atomic E-state index is 13.2. The quantitative estimate of drug-likeness (QED) is 0.379. The van der Waals surface area contributed by atoms with Gasteiger partial charge in [-0.15, -0.1) is 0 Å². The lowest BCUT2D eigenvalue weighted by Gasteiger charge is -2.35. The second kappa shape index (κ2) is 9.66. The van der Waals surface area contributed by atoms with Gasteiger partial charge < -0.3 is 14.8 Å². The van der Waals surface area contributed by atoms with E-state index in [0.717, 1.165) is 0 Å². The number of ether oxygens (including phenoxy) is 2. The molecule has 0 radical (unpaired) electrons. The number of para-hydroxylation sites is 1. The first-order valence-corrected chi connectivity index (χ1v) is 10.5. The highest BCUT2D eigenvalue weighted by Gasteiger charge is 2.37. The molecule has 0 bridgehead atoms. The Morgan fingerprint density at radius 3 is 2.14 bits per heavy atom. The molecule has 0 aliphatic carbocycles. The summed E-state index contributed by atoms with van der Waals surface area (Å²) in [5.74, 6) is -0.713. The molecule has 13 heteroatoms. The fraction of sp³-hybridized carbons (Fsp3) is 0.174. The molecule has 13 nitrogen and oxygen atoms in total. The van der Waals surface area contributed by atoms with Gasteiger partial charge in [0.15, 0.2) is 5.82 Å². The van der Waals surface area contributed by atoms with Gasteiger partial charge in [0.2, 0.25) is 0 Å². The minimum atomic E-state index is -0.923. The Bertz CT molecular complexity index is 1370. The smallest absolute Gasteiger partial charge is 0.392 e. The molecule has 3 aromatic rings. The summed E-state index contributed by atoms with van der Waals surface area (Å²) in [5.41, 5.74) is 0.936. The predicted octanol–water partition coefficient (Wildman–Crippen LogP) is 4.01. The Morgan fingerprint density at radius 1 is 0.944 bits per heavy atom. The van der Waals surface area contributed by atoms with E-state index in [1.165, 1.54) is 37.3 Å². The number of nitro benzene ring substituents is 1. The zero-order valence-electron chi connectivity index (χ0n) is 19.4. The SMILES string of the molecule is COc1nc(C2=C(C)N(c3ccccc3)C(=O)NC2c2cccc([N+](=O)[O-])c2)nc(OC)c1[N+](=O)[O-]. The first-order valence-electron chi connectivity index (χ1n) is 10.5. The molecule has 1 atom stereocenters. The molecule has 1 aliphatic heterocycles. The number of amides is 2. The van der Waals surface area contributed by atoms with Gasteiger partial charge in [-0.25, -0.2) is 4.79 Å². The van der Waals surface area contributed by atoms with Crippen molar-refractivity contribution >= 4 is 28.7 Å². The highest BCUT2D eigenvalue weighted by Crippen LogP contribution is 2.42. The number of hydrogen-bond donors (Lipinski definition) is 1. The van der Waals surface area contributed by atoms with Gasteiger partial charge >= 0.3 is 23.5 Å². The van der Waals surface area contributed by atoms with E-state index < -0.39 is 27.6 Å². The number of aromatic nitrogens is 2. The van der Waals surface area contributed by atoms with Gasteiger partial charge in [0.05, 0.1) is 35.8 Å². The zero-order valence-corrected chi connectivity index (χ0v) is 19.4. The van der Waals surface area contributed by atoms with Crippen LogP contribution >= 0.6 is 0 Å². The molecule has 0 fully saturated rings. The normalized spacial score (nSPS) is 15.4. The van der Waals surface area contributed by atoms with Crippen LogP contribution in [-0.4, -0.2) is 40.1 Å². The van der Waals surface area contributed by atoms with E-state index in [-0.39, 0.29) is 23.3 Å². The Hall–Kier alpha value is -5.07. The van der Waals surface area contributed by atoms with Gasteiger partial charge in [-0.1, -0.05) is 30.3 Å². The largest absolute Gasteiger partial charge is 0.476 e. The molecule has 1 aliphatic rings. The first-order chi connectivity index (χ1) is 17.3. The van der Waals surface area contributed by atoms with Crippen molar-refractivity contribution in [3.05, 3.63) is 91.9 Å². The molecule has 2 amide bonds. The number of methoxy groups -OCH3 is 2. The summed E-state index contributed by atoms with van der Waals surface area (Å²) in [5, 5.41) is 25.9. The summed E-state index contributed by atoms with van der Waals surface area (Å²) >= 11 is 0. The van der Waals surface area contributed by atoms with Gasteiger partial charge in [0.25, 0.3) is 5.69 Å². The highest BCUT2D eigenvalue weighted by atomic mass is 16.6. The van der Waals surface area contributed by atoms with E-state index in [1.807, 2.05) is 0 Å². The molecule has 2 aromatic carbocycles. The average molecular weight is 492 g/mol. The minimum absolute atomic E-state index is 0.0239. The third kappa shape index (κ3) is 4.24. The van der Waals surface area contributed by atoms with Crippen LogP contribution in [0.4, 0.5) is 21.9 Å². The molecule has 1 N–H and O–H groups in total. The first kappa shape index (κ1) is 24.1. The van der Waals surface area contributed by atoms with E-state index in [9.17, 15) is 25.0 Å². The third-order valence-corrected chi connectivity index (χ3v) is 5.54. The summed E-state index contributed by atoms with van der Waals surface area (Å²) in [6, 6.07) is 13.1. The molecule has 0 spiro atoms. The van der Waals surface area contributed by atoms with Crippen LogP contribution in [0.2, 0.25) is 0 Å². The van der Waals surface area contributed by atoms with E-state index in [4.69, 9.17) is 9.47 Å². The molecule has 0 saturated carbocycles. The summed E-state index contributed by atoms with van der Waals surface area (Å²) in [7, 11) is 2.44. The van der Waals surface area contributed by atoms with Crippen LogP contribution in [0.3, 0.4) is 0 Å². The van der Waals surface area contributed by atoms with Gasteiger partial charge in [-0.05, 0) is 24.6 Å². The standard InChI is InChI=1S/C23H20N6O7/c1-13-17(20-25-21(35-2)19(29(33)34)22(26-20)36-3)18(14-8-7-11-16(12-14)28(31)32)24-23(30)27(13)15-9-5-4-6-10-15/h4-12,18H,1-3H3,(H,24,30). The Balaban J connectivity index is 2.00. The summed E-state index contributed by atoms with van der Waals surface area (Å²) in [6.07, 6.45) is 0. The van der Waals surface area contributed by atoms with Crippen LogP contribution in [0.5, 0.6) is 11.8 Å².